The van der Waals surface area contributed by atoms with Gasteiger partial charge in [0.1, 0.15) is 17.3 Å². The molecule has 14 heteroatoms. The van der Waals surface area contributed by atoms with E-state index in [4.69, 9.17) is 4.74 Å². The number of anilines is 1. The number of fused-ring (bicyclic) bond motifs is 5. The van der Waals surface area contributed by atoms with Crippen molar-refractivity contribution in [1.82, 2.24) is 19.4 Å². The number of piperazine rings is 1. The van der Waals surface area contributed by atoms with Gasteiger partial charge in [0.2, 0.25) is 5.91 Å². The van der Waals surface area contributed by atoms with Crippen molar-refractivity contribution in [3.63, 3.8) is 0 Å². The molecule has 0 radical (unpaired) electrons. The van der Waals surface area contributed by atoms with Gasteiger partial charge in [-0.05, 0) is 56.4 Å². The summed E-state index contributed by atoms with van der Waals surface area (Å²) in [6.07, 6.45) is 2.10. The highest BCUT2D eigenvalue weighted by atomic mass is 19.3. The summed E-state index contributed by atoms with van der Waals surface area (Å²) >= 11 is 0. The Bertz CT molecular complexity index is 1980. The van der Waals surface area contributed by atoms with Gasteiger partial charge in [-0.2, -0.15) is 4.98 Å². The number of aliphatic imine (C=N–C) groups is 1. The third kappa shape index (κ3) is 5.99. The van der Waals surface area contributed by atoms with Crippen LogP contribution in [0.2, 0.25) is 0 Å². The number of halogens is 5. The minimum absolute atomic E-state index is 0.0689. The van der Waals surface area contributed by atoms with E-state index in [1.54, 1.807) is 22.9 Å². The van der Waals surface area contributed by atoms with Gasteiger partial charge in [0.05, 0.1) is 22.3 Å². The molecule has 3 aliphatic rings. The first-order chi connectivity index (χ1) is 23.1. The highest BCUT2D eigenvalue weighted by Crippen LogP contribution is 2.43. The monoisotopic (exact) mass is 684 g/mol. The highest BCUT2D eigenvalue weighted by molar-refractivity contribution is 5.93. The van der Waals surface area contributed by atoms with E-state index in [-0.39, 0.29) is 59.9 Å². The average molecular weight is 685 g/mol. The normalized spacial score (nSPS) is 23.8. The van der Waals surface area contributed by atoms with Gasteiger partial charge < -0.3 is 14.5 Å². The molecular formula is C35H37F5N6O3. The van der Waals surface area contributed by atoms with E-state index in [1.807, 2.05) is 27.7 Å². The second kappa shape index (κ2) is 12.7. The molecule has 0 saturated carbocycles. The summed E-state index contributed by atoms with van der Waals surface area (Å²) in [4.78, 5) is 43.9. The van der Waals surface area contributed by atoms with Gasteiger partial charge in [-0.3, -0.25) is 9.79 Å². The summed E-state index contributed by atoms with van der Waals surface area (Å²) in [5.74, 6) is -9.57. The first kappa shape index (κ1) is 34.3. The summed E-state index contributed by atoms with van der Waals surface area (Å²) in [6, 6.07) is 1.94. The summed E-state index contributed by atoms with van der Waals surface area (Å²) in [7, 11) is 0. The fourth-order valence-corrected chi connectivity index (χ4v) is 6.99. The van der Waals surface area contributed by atoms with Crippen LogP contribution < -0.4 is 15.3 Å². The molecule has 3 aliphatic heterocycles. The predicted molar refractivity (Wildman–Crippen MR) is 176 cm³/mol. The summed E-state index contributed by atoms with van der Waals surface area (Å²) < 4.78 is 84.0. The summed E-state index contributed by atoms with van der Waals surface area (Å²) in [6.45, 7) is 12.0. The number of amides is 1. The Kier molecular flexibility index (Phi) is 8.86. The molecule has 1 amide bonds. The molecular weight excluding hydrogens is 647 g/mol. The Hall–Kier alpha value is -4.62. The van der Waals surface area contributed by atoms with Crippen LogP contribution in [0.3, 0.4) is 0 Å². The van der Waals surface area contributed by atoms with E-state index in [1.165, 1.54) is 6.08 Å². The Morgan fingerprint density at radius 3 is 2.51 bits per heavy atom. The van der Waals surface area contributed by atoms with Gasteiger partial charge in [-0.1, -0.05) is 27.4 Å². The molecule has 2 unspecified atom stereocenters. The number of benzene rings is 1. The second-order valence-electron chi connectivity index (χ2n) is 13.4. The number of hydrogen-bond donors (Lipinski definition) is 0. The smallest absolute Gasteiger partial charge is 0.355 e. The molecule has 0 aliphatic carbocycles. The lowest BCUT2D eigenvalue weighted by molar-refractivity contribution is -0.128. The zero-order valence-corrected chi connectivity index (χ0v) is 27.8. The van der Waals surface area contributed by atoms with Crippen LogP contribution in [-0.2, 0) is 4.79 Å². The van der Waals surface area contributed by atoms with Crippen LogP contribution in [0, 0.1) is 35.2 Å². The number of pyridine rings is 1. The van der Waals surface area contributed by atoms with Crippen molar-refractivity contribution < 1.29 is 31.5 Å². The minimum Gasteiger partial charge on any atom is -0.486 e. The fraction of sp³-hybridized carbons (Fsp3) is 0.457. The average Bonchev–Trinajstić information content (AvgIpc) is 3.05. The molecule has 6 rings (SSSR count). The van der Waals surface area contributed by atoms with Crippen molar-refractivity contribution in [2.75, 3.05) is 24.6 Å². The number of aromatic nitrogens is 3. The van der Waals surface area contributed by atoms with Crippen LogP contribution >= 0.6 is 0 Å². The van der Waals surface area contributed by atoms with Crippen LogP contribution in [0.5, 0.6) is 5.75 Å². The van der Waals surface area contributed by atoms with Crippen molar-refractivity contribution >= 4 is 34.7 Å². The topological polar surface area (TPSA) is 92.9 Å². The minimum atomic E-state index is -3.43. The number of alkyl halides is 2. The van der Waals surface area contributed by atoms with Crippen LogP contribution in [-0.4, -0.2) is 69.3 Å². The maximum atomic E-state index is 16.3. The molecule has 3 aromatic rings. The number of ether oxygens (including phenoxy) is 1. The van der Waals surface area contributed by atoms with Crippen LogP contribution in [0.25, 0.3) is 28.0 Å². The van der Waals surface area contributed by atoms with Crippen LogP contribution in [0.1, 0.15) is 47.5 Å². The number of carbonyl (C=O) groups excluding carboxylic acids is 1. The molecule has 4 atom stereocenters. The molecule has 1 fully saturated rings. The summed E-state index contributed by atoms with van der Waals surface area (Å²) in [5, 5.41) is 0.0689. The fourth-order valence-electron chi connectivity index (χ4n) is 6.99. The van der Waals surface area contributed by atoms with E-state index in [9.17, 15) is 14.0 Å². The van der Waals surface area contributed by atoms with Crippen LogP contribution in [0.4, 0.5) is 27.8 Å². The molecule has 2 bridgehead atoms. The molecule has 0 N–H and O–H groups in total. The SMILES string of the molecule is C=CC(=O)N1C[C@H](C)N(c2nc(=O)n3c4nc(c(F)cc24)-c2c(ccc(F)c2F)OCC(F)(F)CCC2C3=C(C(C)C)N=CC2C)C[C@H]1C. The molecule has 49 heavy (non-hydrogen) atoms. The second-order valence-corrected chi connectivity index (χ2v) is 13.4. The first-order valence-corrected chi connectivity index (χ1v) is 16.2. The van der Waals surface area contributed by atoms with E-state index >= 15 is 17.6 Å². The number of carbonyl (C=O) groups is 1. The maximum Gasteiger partial charge on any atom is 0.355 e. The van der Waals surface area contributed by atoms with Crippen molar-refractivity contribution in [3.05, 3.63) is 64.5 Å². The Balaban J connectivity index is 1.71. The van der Waals surface area contributed by atoms with Gasteiger partial charge in [0, 0.05) is 43.7 Å². The van der Waals surface area contributed by atoms with E-state index in [0.29, 0.717) is 11.8 Å². The maximum absolute atomic E-state index is 16.3. The lowest BCUT2D eigenvalue weighted by Crippen LogP contribution is -2.58. The molecule has 0 spiro atoms. The Labute approximate surface area is 279 Å². The quantitative estimate of drug-likeness (QED) is 0.233. The van der Waals surface area contributed by atoms with Gasteiger partial charge >= 0.3 is 5.69 Å². The van der Waals surface area contributed by atoms with Gasteiger partial charge in [-0.25, -0.2) is 36.3 Å². The standard InChI is InChI=1S/C35H37F5N6O3/c1-7-26(47)44-14-20(6)45(15-19(44)5)32-22-12-24(37)30-27-25(9-8-23(36)28(27)38)49-16-35(39,40)11-10-21-18(4)13-41-29(17(2)3)31(21)46(33(22)42-30)34(48)43-32/h7-9,12-13,17-21H,1,10-11,14-16H2,2-6H3/t18?,19-,20+,21?/m1/s1. The van der Waals surface area contributed by atoms with Gasteiger partial charge in [0.25, 0.3) is 5.92 Å². The first-order valence-electron chi connectivity index (χ1n) is 16.2. The van der Waals surface area contributed by atoms with E-state index < -0.39 is 77.0 Å². The summed E-state index contributed by atoms with van der Waals surface area (Å²) in [5.41, 5.74) is -1.79. The van der Waals surface area contributed by atoms with Crippen molar-refractivity contribution in [1.29, 1.82) is 0 Å². The molecule has 9 nitrogen and oxygen atoms in total. The van der Waals surface area contributed by atoms with Crippen molar-refractivity contribution in [2.24, 2.45) is 22.7 Å². The zero-order valence-electron chi connectivity index (χ0n) is 27.8. The number of hydrogen-bond acceptors (Lipinski definition) is 7. The van der Waals surface area contributed by atoms with Crippen molar-refractivity contribution in [2.45, 2.75) is 65.5 Å². The zero-order chi connectivity index (χ0) is 35.5. The third-order valence-corrected chi connectivity index (χ3v) is 9.56. The lowest BCUT2D eigenvalue weighted by Gasteiger charge is -2.44. The molecule has 2 aromatic heterocycles. The number of rotatable bonds is 3. The molecule has 5 heterocycles. The third-order valence-electron chi connectivity index (χ3n) is 9.56. The largest absolute Gasteiger partial charge is 0.486 e. The molecule has 260 valence electrons. The van der Waals surface area contributed by atoms with Gasteiger partial charge in [-0.15, -0.1) is 0 Å². The number of allylic oxidation sites excluding steroid dienone is 2. The number of nitrogens with zero attached hydrogens (tertiary/aromatic N) is 6. The van der Waals surface area contributed by atoms with E-state index in [0.717, 1.165) is 16.7 Å². The highest BCUT2D eigenvalue weighted by Gasteiger charge is 2.39. The van der Waals surface area contributed by atoms with Gasteiger partial charge in [0.15, 0.2) is 29.7 Å². The molecule has 1 saturated heterocycles. The van der Waals surface area contributed by atoms with E-state index in [2.05, 4.69) is 21.5 Å². The van der Waals surface area contributed by atoms with Crippen molar-refractivity contribution in [3.8, 4) is 17.0 Å². The Morgan fingerprint density at radius 2 is 1.82 bits per heavy atom. The van der Waals surface area contributed by atoms with Crippen LogP contribution in [0.15, 0.2) is 46.3 Å². The predicted octanol–water partition coefficient (Wildman–Crippen LogP) is 6.46. The Morgan fingerprint density at radius 1 is 1.08 bits per heavy atom. The lowest BCUT2D eigenvalue weighted by atomic mass is 9.82. The molecule has 1 aromatic carbocycles.